The van der Waals surface area contributed by atoms with E-state index in [1.807, 2.05) is 36.4 Å². The number of rotatable bonds is 7. The van der Waals surface area contributed by atoms with Gasteiger partial charge in [-0.05, 0) is 30.3 Å². The van der Waals surface area contributed by atoms with Gasteiger partial charge in [0.2, 0.25) is 0 Å². The molecule has 1 amide bonds. The lowest BCUT2D eigenvalue weighted by Crippen LogP contribution is -2.16. The lowest BCUT2D eigenvalue weighted by atomic mass is 10.2. The van der Waals surface area contributed by atoms with E-state index >= 15 is 0 Å². The van der Waals surface area contributed by atoms with Gasteiger partial charge in [0, 0.05) is 30.1 Å². The van der Waals surface area contributed by atoms with Crippen molar-refractivity contribution in [1.82, 2.24) is 4.98 Å². The standard InChI is InChI=1S/C21H21N3O3/c1-26-17-9-5-8-16(13-17)24-21(25)18-10-6-12-22-20(18)23-14-15-7-3-4-11-19(15)27-2/h3-13H,14H2,1-2H3,(H,22,23)(H,24,25). The first kappa shape index (κ1) is 18.3. The van der Waals surface area contributed by atoms with Gasteiger partial charge in [0.25, 0.3) is 5.91 Å². The first-order valence-corrected chi connectivity index (χ1v) is 8.47. The number of carbonyl (C=O) groups excluding carboxylic acids is 1. The number of benzene rings is 2. The summed E-state index contributed by atoms with van der Waals surface area (Å²) in [6, 6.07) is 18.4. The number of carbonyl (C=O) groups is 1. The lowest BCUT2D eigenvalue weighted by molar-refractivity contribution is 0.102. The van der Waals surface area contributed by atoms with Gasteiger partial charge in [-0.3, -0.25) is 4.79 Å². The molecule has 1 aromatic heterocycles. The first-order valence-electron chi connectivity index (χ1n) is 8.47. The van der Waals surface area contributed by atoms with Gasteiger partial charge >= 0.3 is 0 Å². The highest BCUT2D eigenvalue weighted by Crippen LogP contribution is 2.21. The molecule has 0 bridgehead atoms. The average molecular weight is 363 g/mol. The minimum atomic E-state index is -0.251. The Morgan fingerprint density at radius 3 is 2.67 bits per heavy atom. The van der Waals surface area contributed by atoms with Crippen LogP contribution in [-0.2, 0) is 6.54 Å². The van der Waals surface area contributed by atoms with Crippen molar-refractivity contribution in [2.75, 3.05) is 24.9 Å². The maximum absolute atomic E-state index is 12.7. The van der Waals surface area contributed by atoms with E-state index in [0.29, 0.717) is 29.4 Å². The zero-order chi connectivity index (χ0) is 19.1. The van der Waals surface area contributed by atoms with Gasteiger partial charge in [0.05, 0.1) is 19.8 Å². The van der Waals surface area contributed by atoms with E-state index in [1.165, 1.54) is 0 Å². The second-order valence-corrected chi connectivity index (χ2v) is 5.75. The predicted octanol–water partition coefficient (Wildman–Crippen LogP) is 3.96. The Balaban J connectivity index is 1.76. The van der Waals surface area contributed by atoms with Crippen LogP contribution in [0.25, 0.3) is 0 Å². The molecule has 0 spiro atoms. The highest BCUT2D eigenvalue weighted by Gasteiger charge is 2.13. The van der Waals surface area contributed by atoms with Gasteiger partial charge in [0.15, 0.2) is 0 Å². The molecule has 6 heteroatoms. The maximum atomic E-state index is 12.7. The van der Waals surface area contributed by atoms with Crippen LogP contribution in [0.5, 0.6) is 11.5 Å². The molecule has 27 heavy (non-hydrogen) atoms. The molecule has 0 saturated heterocycles. The molecular formula is C21H21N3O3. The van der Waals surface area contributed by atoms with E-state index < -0.39 is 0 Å². The van der Waals surface area contributed by atoms with Crippen LogP contribution in [0.15, 0.2) is 66.9 Å². The number of hydrogen-bond acceptors (Lipinski definition) is 5. The molecule has 2 aromatic carbocycles. The number of amides is 1. The number of hydrogen-bond donors (Lipinski definition) is 2. The highest BCUT2D eigenvalue weighted by atomic mass is 16.5. The molecule has 0 aliphatic carbocycles. The highest BCUT2D eigenvalue weighted by molar-refractivity contribution is 6.07. The lowest BCUT2D eigenvalue weighted by Gasteiger charge is -2.13. The van der Waals surface area contributed by atoms with Crippen molar-refractivity contribution in [2.24, 2.45) is 0 Å². The molecule has 138 valence electrons. The summed E-state index contributed by atoms with van der Waals surface area (Å²) in [7, 11) is 3.22. The van der Waals surface area contributed by atoms with Gasteiger partial charge in [-0.2, -0.15) is 0 Å². The minimum absolute atomic E-state index is 0.251. The van der Waals surface area contributed by atoms with Crippen LogP contribution in [0.2, 0.25) is 0 Å². The molecule has 0 fully saturated rings. The second-order valence-electron chi connectivity index (χ2n) is 5.75. The molecular weight excluding hydrogens is 342 g/mol. The summed E-state index contributed by atoms with van der Waals surface area (Å²) in [5.74, 6) is 1.71. The van der Waals surface area contributed by atoms with E-state index in [0.717, 1.165) is 11.3 Å². The van der Waals surface area contributed by atoms with Crippen LogP contribution in [0, 0.1) is 0 Å². The van der Waals surface area contributed by atoms with Crippen LogP contribution in [0.1, 0.15) is 15.9 Å². The topological polar surface area (TPSA) is 72.5 Å². The monoisotopic (exact) mass is 363 g/mol. The van der Waals surface area contributed by atoms with Crippen LogP contribution in [0.4, 0.5) is 11.5 Å². The third-order valence-electron chi connectivity index (χ3n) is 4.02. The normalized spacial score (nSPS) is 10.1. The fourth-order valence-electron chi connectivity index (χ4n) is 2.66. The van der Waals surface area contributed by atoms with Crippen molar-refractivity contribution in [3.8, 4) is 11.5 Å². The quantitative estimate of drug-likeness (QED) is 0.665. The van der Waals surface area contributed by atoms with E-state index in [1.54, 1.807) is 44.7 Å². The van der Waals surface area contributed by atoms with E-state index in [4.69, 9.17) is 9.47 Å². The Hall–Kier alpha value is -3.54. The van der Waals surface area contributed by atoms with Crippen molar-refractivity contribution in [1.29, 1.82) is 0 Å². The summed E-state index contributed by atoms with van der Waals surface area (Å²) < 4.78 is 10.5. The number of methoxy groups -OCH3 is 2. The fourth-order valence-corrected chi connectivity index (χ4v) is 2.66. The maximum Gasteiger partial charge on any atom is 0.259 e. The molecule has 0 aliphatic rings. The van der Waals surface area contributed by atoms with Crippen molar-refractivity contribution in [3.63, 3.8) is 0 Å². The molecule has 1 heterocycles. The molecule has 0 aliphatic heterocycles. The third-order valence-corrected chi connectivity index (χ3v) is 4.02. The van der Waals surface area contributed by atoms with Crippen molar-refractivity contribution >= 4 is 17.4 Å². The number of anilines is 2. The second kappa shape index (κ2) is 8.71. The predicted molar refractivity (Wildman–Crippen MR) is 106 cm³/mol. The number of ether oxygens (including phenoxy) is 2. The summed E-state index contributed by atoms with van der Waals surface area (Å²) in [5, 5.41) is 6.09. The van der Waals surface area contributed by atoms with Crippen LogP contribution < -0.4 is 20.1 Å². The Kier molecular flexibility index (Phi) is 5.89. The number of aromatic nitrogens is 1. The Morgan fingerprint density at radius 2 is 1.85 bits per heavy atom. The molecule has 3 aromatic rings. The van der Waals surface area contributed by atoms with Crippen LogP contribution in [0.3, 0.4) is 0 Å². The molecule has 0 saturated carbocycles. The summed E-state index contributed by atoms with van der Waals surface area (Å²) in [5.41, 5.74) is 2.08. The van der Waals surface area contributed by atoms with E-state index in [-0.39, 0.29) is 5.91 Å². The summed E-state index contributed by atoms with van der Waals surface area (Å²) >= 11 is 0. The fraction of sp³-hybridized carbons (Fsp3) is 0.143. The summed E-state index contributed by atoms with van der Waals surface area (Å²) in [4.78, 5) is 17.0. The zero-order valence-corrected chi connectivity index (χ0v) is 15.2. The molecule has 0 radical (unpaired) electrons. The van der Waals surface area contributed by atoms with Gasteiger partial charge in [-0.25, -0.2) is 4.98 Å². The van der Waals surface area contributed by atoms with Crippen LogP contribution in [-0.4, -0.2) is 25.1 Å². The SMILES string of the molecule is COc1cccc(NC(=O)c2cccnc2NCc2ccccc2OC)c1. The first-order chi connectivity index (χ1) is 13.2. The Labute approximate surface area is 158 Å². The number of pyridine rings is 1. The minimum Gasteiger partial charge on any atom is -0.497 e. The number of para-hydroxylation sites is 1. The van der Waals surface area contributed by atoms with E-state index in [2.05, 4.69) is 15.6 Å². The summed E-state index contributed by atoms with van der Waals surface area (Å²) in [6.45, 7) is 0.487. The molecule has 3 rings (SSSR count). The zero-order valence-electron chi connectivity index (χ0n) is 15.2. The smallest absolute Gasteiger partial charge is 0.259 e. The molecule has 0 atom stereocenters. The van der Waals surface area contributed by atoms with Gasteiger partial charge < -0.3 is 20.1 Å². The Morgan fingerprint density at radius 1 is 1.00 bits per heavy atom. The number of nitrogens with zero attached hydrogens (tertiary/aromatic N) is 1. The third kappa shape index (κ3) is 4.55. The Bertz CT molecular complexity index is 928. The summed E-state index contributed by atoms with van der Waals surface area (Å²) in [6.07, 6.45) is 1.65. The number of nitrogens with one attached hydrogen (secondary N) is 2. The van der Waals surface area contributed by atoms with Crippen molar-refractivity contribution < 1.29 is 14.3 Å². The van der Waals surface area contributed by atoms with Gasteiger partial charge in [-0.1, -0.05) is 24.3 Å². The van der Waals surface area contributed by atoms with Crippen molar-refractivity contribution in [2.45, 2.75) is 6.54 Å². The average Bonchev–Trinajstić information content (AvgIpc) is 2.72. The van der Waals surface area contributed by atoms with Gasteiger partial charge in [0.1, 0.15) is 17.3 Å². The molecule has 2 N–H and O–H groups in total. The van der Waals surface area contributed by atoms with Crippen LogP contribution >= 0.6 is 0 Å². The van der Waals surface area contributed by atoms with Crippen molar-refractivity contribution in [3.05, 3.63) is 78.0 Å². The largest absolute Gasteiger partial charge is 0.497 e. The van der Waals surface area contributed by atoms with Gasteiger partial charge in [-0.15, -0.1) is 0 Å². The molecule has 0 unspecified atom stereocenters. The molecule has 6 nitrogen and oxygen atoms in total. The van der Waals surface area contributed by atoms with E-state index in [9.17, 15) is 4.79 Å².